The minimum Gasteiger partial charge on any atom is -0.463 e. The smallest absolute Gasteiger partial charge is 0.336 e. The highest BCUT2D eigenvalue weighted by atomic mass is 17.3. The van der Waals surface area contributed by atoms with E-state index in [1.165, 1.54) is 0 Å². The summed E-state index contributed by atoms with van der Waals surface area (Å²) in [4.78, 5) is 22.0. The summed E-state index contributed by atoms with van der Waals surface area (Å²) in [5.41, 5.74) is 0.189. The Balaban J connectivity index is 2.50. The lowest BCUT2D eigenvalue weighted by molar-refractivity contribution is -0.519. The molecule has 0 aromatic rings. The summed E-state index contributed by atoms with van der Waals surface area (Å²) in [6.07, 6.45) is 1.83. The third-order valence-electron chi connectivity index (χ3n) is 2.91. The van der Waals surface area contributed by atoms with Gasteiger partial charge in [-0.15, -0.1) is 0 Å². The molecule has 0 aliphatic carbocycles. The first kappa shape index (κ1) is 17.1. The van der Waals surface area contributed by atoms with Crippen molar-refractivity contribution >= 4 is 5.97 Å². The lowest BCUT2D eigenvalue weighted by Gasteiger charge is -2.35. The maximum atomic E-state index is 11.5. The van der Waals surface area contributed by atoms with Gasteiger partial charge in [0.05, 0.1) is 18.8 Å². The first-order chi connectivity index (χ1) is 9.54. The van der Waals surface area contributed by atoms with E-state index in [0.717, 1.165) is 12.8 Å². The monoisotopic (exact) mass is 288 g/mol. The van der Waals surface area contributed by atoms with Crippen LogP contribution in [0.15, 0.2) is 12.2 Å². The lowest BCUT2D eigenvalue weighted by atomic mass is 10.2. The number of rotatable bonds is 8. The highest BCUT2D eigenvalue weighted by molar-refractivity contribution is 5.88. The van der Waals surface area contributed by atoms with Crippen molar-refractivity contribution in [3.05, 3.63) is 12.2 Å². The average molecular weight is 288 g/mol. The average Bonchev–Trinajstić information content (AvgIpc) is 2.45. The predicted molar refractivity (Wildman–Crippen MR) is 71.6 cm³/mol. The van der Waals surface area contributed by atoms with Crippen LogP contribution < -0.4 is 0 Å². The molecule has 0 aromatic heterocycles. The maximum absolute atomic E-state index is 11.5. The highest BCUT2D eigenvalue weighted by Gasteiger charge is 2.38. The zero-order chi connectivity index (χ0) is 15.0. The SMILES string of the molecule is C=C(C(=O)OCC)C(C)OOC1(OCC)CCCCO1. The Kier molecular flexibility index (Phi) is 7.15. The van der Waals surface area contributed by atoms with E-state index in [9.17, 15) is 4.79 Å². The molecular formula is C14H24O6. The van der Waals surface area contributed by atoms with Crippen molar-refractivity contribution in [2.75, 3.05) is 19.8 Å². The fourth-order valence-electron chi connectivity index (χ4n) is 1.76. The normalized spacial score (nSPS) is 24.1. The number of esters is 1. The van der Waals surface area contributed by atoms with Gasteiger partial charge in [0.2, 0.25) is 0 Å². The van der Waals surface area contributed by atoms with Crippen LogP contribution in [-0.4, -0.2) is 37.9 Å². The van der Waals surface area contributed by atoms with Crippen molar-refractivity contribution in [3.63, 3.8) is 0 Å². The molecule has 1 fully saturated rings. The van der Waals surface area contributed by atoms with Gasteiger partial charge < -0.3 is 14.2 Å². The van der Waals surface area contributed by atoms with Gasteiger partial charge >= 0.3 is 11.9 Å². The van der Waals surface area contributed by atoms with E-state index in [0.29, 0.717) is 19.6 Å². The standard InChI is InChI=1S/C14H24O6/c1-5-16-13(15)11(3)12(4)19-20-14(17-6-2)9-7-8-10-18-14/h12H,3,5-10H2,1-2,4H3. The van der Waals surface area contributed by atoms with E-state index < -0.39 is 18.0 Å². The second-order valence-electron chi connectivity index (χ2n) is 4.49. The van der Waals surface area contributed by atoms with Crippen molar-refractivity contribution in [3.8, 4) is 0 Å². The molecule has 6 nitrogen and oxygen atoms in total. The maximum Gasteiger partial charge on any atom is 0.336 e. The van der Waals surface area contributed by atoms with Crippen LogP contribution >= 0.6 is 0 Å². The van der Waals surface area contributed by atoms with Gasteiger partial charge in [-0.3, -0.25) is 0 Å². The second kappa shape index (κ2) is 8.36. The van der Waals surface area contributed by atoms with Crippen LogP contribution in [0.5, 0.6) is 0 Å². The van der Waals surface area contributed by atoms with Crippen LogP contribution in [0.2, 0.25) is 0 Å². The molecule has 0 spiro atoms. The number of carbonyl (C=O) groups excluding carboxylic acids is 1. The van der Waals surface area contributed by atoms with Gasteiger partial charge in [-0.05, 0) is 33.6 Å². The van der Waals surface area contributed by atoms with E-state index in [4.69, 9.17) is 24.0 Å². The van der Waals surface area contributed by atoms with Crippen LogP contribution in [0.1, 0.15) is 40.0 Å². The van der Waals surface area contributed by atoms with Crippen LogP contribution in [0.4, 0.5) is 0 Å². The molecule has 20 heavy (non-hydrogen) atoms. The van der Waals surface area contributed by atoms with Gasteiger partial charge in [0.1, 0.15) is 6.10 Å². The van der Waals surface area contributed by atoms with E-state index in [-0.39, 0.29) is 12.2 Å². The fourth-order valence-corrected chi connectivity index (χ4v) is 1.76. The Morgan fingerprint density at radius 2 is 2.10 bits per heavy atom. The van der Waals surface area contributed by atoms with E-state index in [2.05, 4.69) is 6.58 Å². The molecule has 0 amide bonds. The molecule has 1 rings (SSSR count). The predicted octanol–water partition coefficient (Wildman–Crippen LogP) is 2.33. The summed E-state index contributed by atoms with van der Waals surface area (Å²) < 4.78 is 15.9. The van der Waals surface area contributed by atoms with Gasteiger partial charge in [0.25, 0.3) is 0 Å². The van der Waals surface area contributed by atoms with E-state index in [1.54, 1.807) is 13.8 Å². The Hall–Kier alpha value is -0.950. The quantitative estimate of drug-likeness (QED) is 0.224. The third-order valence-corrected chi connectivity index (χ3v) is 2.91. The zero-order valence-corrected chi connectivity index (χ0v) is 12.5. The Morgan fingerprint density at radius 3 is 2.65 bits per heavy atom. The molecule has 6 heteroatoms. The van der Waals surface area contributed by atoms with Gasteiger partial charge in [-0.1, -0.05) is 6.58 Å². The largest absolute Gasteiger partial charge is 0.463 e. The molecule has 2 atom stereocenters. The molecule has 0 N–H and O–H groups in total. The summed E-state index contributed by atoms with van der Waals surface area (Å²) in [7, 11) is 0. The molecule has 0 bridgehead atoms. The number of hydrogen-bond acceptors (Lipinski definition) is 6. The van der Waals surface area contributed by atoms with Crippen LogP contribution in [0.25, 0.3) is 0 Å². The number of ether oxygens (including phenoxy) is 3. The molecule has 116 valence electrons. The van der Waals surface area contributed by atoms with Gasteiger partial charge in [-0.2, -0.15) is 4.89 Å². The first-order valence-corrected chi connectivity index (χ1v) is 7.03. The molecular weight excluding hydrogens is 264 g/mol. The van der Waals surface area contributed by atoms with E-state index >= 15 is 0 Å². The topological polar surface area (TPSA) is 63.2 Å². The van der Waals surface area contributed by atoms with Crippen molar-refractivity contribution in [1.82, 2.24) is 0 Å². The fraction of sp³-hybridized carbons (Fsp3) is 0.786. The third kappa shape index (κ3) is 4.86. The van der Waals surface area contributed by atoms with Crippen LogP contribution in [0, 0.1) is 0 Å². The number of hydrogen-bond donors (Lipinski definition) is 0. The molecule has 0 radical (unpaired) electrons. The van der Waals surface area contributed by atoms with E-state index in [1.807, 2.05) is 6.92 Å². The Labute approximate surface area is 119 Å². The van der Waals surface area contributed by atoms with Crippen molar-refractivity contribution in [2.45, 2.75) is 52.1 Å². The first-order valence-electron chi connectivity index (χ1n) is 7.03. The summed E-state index contributed by atoms with van der Waals surface area (Å²) >= 11 is 0. The summed E-state index contributed by atoms with van der Waals surface area (Å²) in [6, 6.07) is 0. The molecule has 2 unspecified atom stereocenters. The Morgan fingerprint density at radius 1 is 1.35 bits per heavy atom. The molecule has 0 saturated carbocycles. The minimum absolute atomic E-state index is 0.189. The Bertz CT molecular complexity index is 316. The zero-order valence-electron chi connectivity index (χ0n) is 12.5. The van der Waals surface area contributed by atoms with Gasteiger partial charge in [-0.25, -0.2) is 9.68 Å². The summed E-state index contributed by atoms with van der Waals surface area (Å²) in [6.45, 7) is 10.2. The molecule has 1 aliphatic rings. The highest BCUT2D eigenvalue weighted by Crippen LogP contribution is 2.28. The molecule has 0 aromatic carbocycles. The summed E-state index contributed by atoms with van der Waals surface area (Å²) in [5, 5.41) is 0. The molecule has 1 aliphatic heterocycles. The molecule has 1 saturated heterocycles. The van der Waals surface area contributed by atoms with Crippen molar-refractivity contribution in [2.24, 2.45) is 0 Å². The van der Waals surface area contributed by atoms with Crippen molar-refractivity contribution < 1.29 is 28.8 Å². The van der Waals surface area contributed by atoms with Crippen LogP contribution in [0.3, 0.4) is 0 Å². The van der Waals surface area contributed by atoms with Crippen molar-refractivity contribution in [1.29, 1.82) is 0 Å². The van der Waals surface area contributed by atoms with Crippen LogP contribution in [-0.2, 0) is 28.8 Å². The second-order valence-corrected chi connectivity index (χ2v) is 4.49. The van der Waals surface area contributed by atoms with Gasteiger partial charge in [0, 0.05) is 13.0 Å². The molecule has 1 heterocycles. The lowest BCUT2D eigenvalue weighted by Crippen LogP contribution is -2.43. The number of carbonyl (C=O) groups is 1. The summed E-state index contributed by atoms with van der Waals surface area (Å²) in [5.74, 6) is -1.69. The van der Waals surface area contributed by atoms with Gasteiger partial charge in [0.15, 0.2) is 0 Å². The minimum atomic E-state index is -1.18.